The molecule has 0 aliphatic carbocycles. The van der Waals surface area contributed by atoms with Crippen molar-refractivity contribution in [2.75, 3.05) is 0 Å². The minimum Gasteiger partial charge on any atom is -0.298 e. The molecule has 0 unspecified atom stereocenters. The molecule has 0 saturated carbocycles. The van der Waals surface area contributed by atoms with Gasteiger partial charge in [-0.3, -0.25) is 4.79 Å². The van der Waals surface area contributed by atoms with Crippen LogP contribution in [0.1, 0.15) is 10.4 Å². The highest BCUT2D eigenvalue weighted by Crippen LogP contribution is 2.42. The van der Waals surface area contributed by atoms with Crippen molar-refractivity contribution in [2.24, 2.45) is 0 Å². The van der Waals surface area contributed by atoms with Crippen LogP contribution in [-0.4, -0.2) is 6.29 Å². The van der Waals surface area contributed by atoms with E-state index >= 15 is 0 Å². The van der Waals surface area contributed by atoms with Crippen molar-refractivity contribution >= 4 is 85.5 Å². The topological polar surface area (TPSA) is 17.1 Å². The average molecular weight is 528 g/mol. The van der Waals surface area contributed by atoms with Gasteiger partial charge in [0.25, 0.3) is 0 Å². The summed E-state index contributed by atoms with van der Waals surface area (Å²) in [5.74, 6) is 0. The molecule has 0 spiro atoms. The van der Waals surface area contributed by atoms with Crippen LogP contribution in [0.2, 0.25) is 0 Å². The van der Waals surface area contributed by atoms with E-state index in [0.29, 0.717) is 0 Å². The van der Waals surface area contributed by atoms with Crippen LogP contribution in [0.5, 0.6) is 0 Å². The van der Waals surface area contributed by atoms with E-state index in [4.69, 9.17) is 0 Å². The van der Waals surface area contributed by atoms with Crippen molar-refractivity contribution in [1.29, 1.82) is 0 Å². The van der Waals surface area contributed by atoms with E-state index in [2.05, 4.69) is 69.4 Å². The zero-order valence-electron chi connectivity index (χ0n) is 9.35. The van der Waals surface area contributed by atoms with E-state index in [1.807, 2.05) is 6.07 Å². The molecule has 0 aromatic carbocycles. The second-order valence-corrected chi connectivity index (χ2v) is 10.7. The molecular weight excluding hydrogens is 522 g/mol. The maximum atomic E-state index is 11.3. The predicted molar refractivity (Wildman–Crippen MR) is 102 cm³/mol. The number of aldehydes is 1. The van der Waals surface area contributed by atoms with E-state index < -0.39 is 0 Å². The Hall–Kier alpha value is 0.230. The molecule has 0 aliphatic heterocycles. The van der Waals surface area contributed by atoms with Gasteiger partial charge in [0.2, 0.25) is 0 Å². The fraction of sp³-hybridized carbons (Fsp3) is 0. The summed E-state index contributed by atoms with van der Waals surface area (Å²) in [6.07, 6.45) is 0.959. The van der Waals surface area contributed by atoms with Gasteiger partial charge in [-0.2, -0.15) is 0 Å². The largest absolute Gasteiger partial charge is 0.298 e. The van der Waals surface area contributed by atoms with Gasteiger partial charge in [-0.15, -0.1) is 34.0 Å². The molecular formula is C13H6I2OS3. The fourth-order valence-corrected chi connectivity index (χ4v) is 6.28. The molecule has 3 aromatic heterocycles. The number of carbonyl (C=O) groups excluding carboxylic acids is 1. The Balaban J connectivity index is 2.10. The third-order valence-corrected chi connectivity index (χ3v) is 7.82. The molecule has 0 amide bonds. The summed E-state index contributed by atoms with van der Waals surface area (Å²) >= 11 is 9.81. The summed E-state index contributed by atoms with van der Waals surface area (Å²) in [4.78, 5) is 15.9. The third kappa shape index (κ3) is 2.97. The molecule has 0 saturated heterocycles. The number of hydrogen-bond donors (Lipinski definition) is 0. The van der Waals surface area contributed by atoms with Crippen LogP contribution < -0.4 is 0 Å². The summed E-state index contributed by atoms with van der Waals surface area (Å²) in [5, 5.41) is 0. The molecule has 6 heteroatoms. The molecule has 0 fully saturated rings. The Labute approximate surface area is 150 Å². The quantitative estimate of drug-likeness (QED) is 0.291. The number of rotatable bonds is 3. The summed E-state index contributed by atoms with van der Waals surface area (Å²) in [5.41, 5.74) is 0.793. The van der Waals surface area contributed by atoms with E-state index in [9.17, 15) is 4.79 Å². The fourth-order valence-electron chi connectivity index (χ4n) is 1.69. The monoisotopic (exact) mass is 528 g/mol. The summed E-state index contributed by atoms with van der Waals surface area (Å²) in [7, 11) is 0. The van der Waals surface area contributed by atoms with Gasteiger partial charge in [0.05, 0.1) is 10.6 Å². The van der Waals surface area contributed by atoms with E-state index in [0.717, 1.165) is 16.7 Å². The summed E-state index contributed by atoms with van der Waals surface area (Å²) in [6, 6.07) is 10.4. The van der Waals surface area contributed by atoms with Crippen molar-refractivity contribution in [3.05, 3.63) is 41.7 Å². The van der Waals surface area contributed by atoms with E-state index in [-0.39, 0.29) is 0 Å². The van der Waals surface area contributed by atoms with E-state index in [1.54, 1.807) is 34.0 Å². The molecule has 0 N–H and O–H groups in total. The van der Waals surface area contributed by atoms with Gasteiger partial charge in [-0.1, -0.05) is 0 Å². The van der Waals surface area contributed by atoms with Gasteiger partial charge in [0.1, 0.15) is 0 Å². The van der Waals surface area contributed by atoms with Crippen LogP contribution in [0, 0.1) is 5.77 Å². The lowest BCUT2D eigenvalue weighted by Gasteiger charge is -1.92. The lowest BCUT2D eigenvalue weighted by atomic mass is 10.2. The Kier molecular flexibility index (Phi) is 4.42. The van der Waals surface area contributed by atoms with Crippen molar-refractivity contribution in [2.45, 2.75) is 0 Å². The second-order valence-electron chi connectivity index (χ2n) is 3.72. The maximum Gasteiger partial charge on any atom is 0.151 e. The van der Waals surface area contributed by atoms with Gasteiger partial charge in [-0.05, 0) is 75.5 Å². The molecule has 3 aromatic rings. The predicted octanol–water partition coefficient (Wildman–Crippen LogP) is 6.23. The first-order valence-electron chi connectivity index (χ1n) is 5.28. The Morgan fingerprint density at radius 1 is 0.842 bits per heavy atom. The van der Waals surface area contributed by atoms with Crippen LogP contribution in [0.15, 0.2) is 30.3 Å². The first-order chi connectivity index (χ1) is 9.17. The smallest absolute Gasteiger partial charge is 0.151 e. The second kappa shape index (κ2) is 5.92. The number of carbonyl (C=O) groups is 1. The zero-order valence-corrected chi connectivity index (χ0v) is 16.1. The lowest BCUT2D eigenvalue weighted by Crippen LogP contribution is -1.75. The maximum absolute atomic E-state index is 11.3. The molecule has 0 atom stereocenters. The lowest BCUT2D eigenvalue weighted by molar-refractivity contribution is 0.112. The molecule has 0 radical (unpaired) electrons. The Morgan fingerprint density at radius 2 is 1.47 bits per heavy atom. The molecule has 19 heavy (non-hydrogen) atoms. The van der Waals surface area contributed by atoms with Crippen molar-refractivity contribution < 1.29 is 4.79 Å². The highest BCUT2D eigenvalue weighted by atomic mass is 127. The van der Waals surface area contributed by atoms with Gasteiger partial charge in [-0.25, -0.2) is 0 Å². The van der Waals surface area contributed by atoms with Gasteiger partial charge >= 0.3 is 0 Å². The molecule has 1 nitrogen and oxygen atoms in total. The number of halogens is 2. The van der Waals surface area contributed by atoms with Crippen LogP contribution in [0.4, 0.5) is 0 Å². The van der Waals surface area contributed by atoms with E-state index in [1.165, 1.54) is 20.4 Å². The minimum atomic E-state index is 0.793. The average Bonchev–Trinajstić information content (AvgIpc) is 3.07. The first kappa shape index (κ1) is 14.2. The summed E-state index contributed by atoms with van der Waals surface area (Å²) < 4.78 is 2.51. The van der Waals surface area contributed by atoms with Crippen molar-refractivity contribution in [3.63, 3.8) is 0 Å². The summed E-state index contributed by atoms with van der Waals surface area (Å²) in [6.45, 7) is 0. The SMILES string of the molecule is O=Cc1cc(-c2ccc(I)s2)sc1-c1ccc(I)s1. The molecule has 0 aliphatic rings. The third-order valence-electron chi connectivity index (χ3n) is 2.50. The molecule has 0 bridgehead atoms. The van der Waals surface area contributed by atoms with Crippen LogP contribution in [0.25, 0.3) is 19.5 Å². The zero-order chi connectivity index (χ0) is 13.4. The standard InChI is InChI=1S/C13H6I2OS3/c14-11-3-1-8(17-11)10-5-7(6-16)13(19-10)9-2-4-12(15)18-9/h1-6H. The Morgan fingerprint density at radius 3 is 2.00 bits per heavy atom. The number of thiophene rings is 3. The minimum absolute atomic E-state index is 0.793. The van der Waals surface area contributed by atoms with Crippen LogP contribution in [-0.2, 0) is 0 Å². The highest BCUT2D eigenvalue weighted by molar-refractivity contribution is 14.1. The van der Waals surface area contributed by atoms with Crippen LogP contribution >= 0.6 is 79.2 Å². The highest BCUT2D eigenvalue weighted by Gasteiger charge is 2.14. The van der Waals surface area contributed by atoms with Gasteiger partial charge < -0.3 is 0 Å². The first-order valence-corrected chi connectivity index (χ1v) is 9.88. The normalized spacial score (nSPS) is 10.8. The molecule has 96 valence electrons. The number of hydrogen-bond acceptors (Lipinski definition) is 4. The van der Waals surface area contributed by atoms with Crippen LogP contribution in [0.3, 0.4) is 0 Å². The molecule has 3 heterocycles. The molecule has 3 rings (SSSR count). The Bertz CT molecular complexity index is 739. The van der Waals surface area contributed by atoms with Crippen molar-refractivity contribution in [3.8, 4) is 19.5 Å². The van der Waals surface area contributed by atoms with Gasteiger partial charge in [0.15, 0.2) is 6.29 Å². The van der Waals surface area contributed by atoms with Gasteiger partial charge in [0, 0.05) is 20.2 Å². The van der Waals surface area contributed by atoms with Crippen molar-refractivity contribution in [1.82, 2.24) is 0 Å².